The molecule has 6 nitrogen and oxygen atoms in total. The number of nitrogens with one attached hydrogen (secondary N) is 1. The monoisotopic (exact) mass is 479 g/mol. The second-order valence-electron chi connectivity index (χ2n) is 8.50. The highest BCUT2D eigenvalue weighted by Crippen LogP contribution is 2.36. The van der Waals surface area contributed by atoms with Crippen molar-refractivity contribution in [2.45, 2.75) is 44.9 Å². The minimum Gasteiger partial charge on any atom is -0.349 e. The summed E-state index contributed by atoms with van der Waals surface area (Å²) in [6.07, 6.45) is -5.84. The second kappa shape index (κ2) is 9.81. The van der Waals surface area contributed by atoms with Gasteiger partial charge in [-0.2, -0.15) is 18.3 Å². The highest BCUT2D eigenvalue weighted by atomic mass is 19.4. The summed E-state index contributed by atoms with van der Waals surface area (Å²) < 4.78 is 65.6. The van der Waals surface area contributed by atoms with Gasteiger partial charge in [0.25, 0.3) is 0 Å². The van der Waals surface area contributed by atoms with Crippen LogP contribution in [0.4, 0.5) is 17.6 Å². The van der Waals surface area contributed by atoms with E-state index in [1.165, 1.54) is 12.1 Å². The lowest BCUT2D eigenvalue weighted by Crippen LogP contribution is -2.48. The zero-order valence-corrected chi connectivity index (χ0v) is 18.7. The van der Waals surface area contributed by atoms with Crippen LogP contribution < -0.4 is 5.43 Å². The Bertz CT molecular complexity index is 1070. The number of ether oxygens (including phenoxy) is 2. The summed E-state index contributed by atoms with van der Waals surface area (Å²) in [6.45, 7) is 4.45. The molecular formula is C24H25F4N3O3. The fourth-order valence-electron chi connectivity index (χ4n) is 4.23. The third kappa shape index (κ3) is 5.63. The molecule has 1 saturated heterocycles. The molecule has 1 N–H and O–H groups in total. The van der Waals surface area contributed by atoms with Crippen LogP contribution >= 0.6 is 0 Å². The summed E-state index contributed by atoms with van der Waals surface area (Å²) in [6, 6.07) is 9.24. The summed E-state index contributed by atoms with van der Waals surface area (Å²) in [5.74, 6) is -0.588. The molecule has 2 aromatic carbocycles. The topological polar surface area (TPSA) is 63.2 Å². The molecular weight excluding hydrogens is 454 g/mol. The van der Waals surface area contributed by atoms with Crippen molar-refractivity contribution >= 4 is 11.6 Å². The van der Waals surface area contributed by atoms with Crippen molar-refractivity contribution < 1.29 is 31.8 Å². The number of aryl methyl sites for hydroxylation is 1. The molecule has 0 saturated carbocycles. The molecule has 0 bridgehead atoms. The number of alkyl halides is 3. The minimum atomic E-state index is -4.47. The van der Waals surface area contributed by atoms with E-state index in [-0.39, 0.29) is 12.3 Å². The molecule has 0 aliphatic carbocycles. The number of morpholine rings is 1. The Labute approximate surface area is 194 Å². The van der Waals surface area contributed by atoms with Crippen LogP contribution in [0, 0.1) is 12.7 Å². The van der Waals surface area contributed by atoms with Gasteiger partial charge in [-0.1, -0.05) is 23.8 Å². The molecule has 1 amide bonds. The number of nitrogens with zero attached hydrogens (tertiary/aromatic N) is 2. The standard InChI is InChI=1S/C24H25F4N3O3/c1-14-9-17(11-18(10-14)24(26,27)28)15(2)34-23-22(16-3-5-19(25)6-4-16)31(7-8-33-23)13-20-12-21(32)30-29-20/h3-6,9-11,15,22-23H,7-8,12-13H2,1-2H3,(H,30,32)/t15-,22+,23-/m1/s1. The Morgan fingerprint density at radius 3 is 2.62 bits per heavy atom. The molecule has 2 aromatic rings. The molecule has 4 rings (SSSR count). The molecule has 0 unspecified atom stereocenters. The van der Waals surface area contributed by atoms with Crippen molar-refractivity contribution in [2.24, 2.45) is 5.10 Å². The molecule has 34 heavy (non-hydrogen) atoms. The van der Waals surface area contributed by atoms with Gasteiger partial charge >= 0.3 is 6.18 Å². The van der Waals surface area contributed by atoms with Crippen molar-refractivity contribution in [3.8, 4) is 0 Å². The maximum absolute atomic E-state index is 13.6. The number of amides is 1. The highest BCUT2D eigenvalue weighted by Gasteiger charge is 2.37. The minimum absolute atomic E-state index is 0.179. The molecule has 3 atom stereocenters. The zero-order chi connectivity index (χ0) is 24.5. The summed E-state index contributed by atoms with van der Waals surface area (Å²) in [4.78, 5) is 13.6. The smallest absolute Gasteiger partial charge is 0.349 e. The van der Waals surface area contributed by atoms with Crippen molar-refractivity contribution in [3.63, 3.8) is 0 Å². The Morgan fingerprint density at radius 2 is 1.97 bits per heavy atom. The Hall–Kier alpha value is -2.82. The van der Waals surface area contributed by atoms with Crippen molar-refractivity contribution in [2.75, 3.05) is 19.7 Å². The van der Waals surface area contributed by atoms with E-state index in [2.05, 4.69) is 10.5 Å². The van der Waals surface area contributed by atoms with E-state index in [9.17, 15) is 22.4 Å². The van der Waals surface area contributed by atoms with E-state index in [0.717, 1.165) is 17.7 Å². The van der Waals surface area contributed by atoms with Crippen molar-refractivity contribution in [1.29, 1.82) is 0 Å². The summed E-state index contributed by atoms with van der Waals surface area (Å²) in [5, 5.41) is 4.06. The van der Waals surface area contributed by atoms with E-state index >= 15 is 0 Å². The molecule has 182 valence electrons. The lowest BCUT2D eigenvalue weighted by molar-refractivity contribution is -0.227. The third-order valence-electron chi connectivity index (χ3n) is 5.85. The lowest BCUT2D eigenvalue weighted by atomic mass is 10.0. The average Bonchev–Trinajstić information content (AvgIpc) is 3.18. The van der Waals surface area contributed by atoms with Gasteiger partial charge in [0.1, 0.15) is 5.82 Å². The summed E-state index contributed by atoms with van der Waals surface area (Å²) >= 11 is 0. The number of halogens is 4. The van der Waals surface area contributed by atoms with Crippen molar-refractivity contribution in [3.05, 3.63) is 70.5 Å². The van der Waals surface area contributed by atoms with Crippen LogP contribution in [-0.2, 0) is 20.4 Å². The molecule has 10 heteroatoms. The number of carbonyl (C=O) groups excluding carboxylic acids is 1. The maximum Gasteiger partial charge on any atom is 0.416 e. The van der Waals surface area contributed by atoms with Gasteiger partial charge in [-0.15, -0.1) is 0 Å². The van der Waals surface area contributed by atoms with Crippen LogP contribution in [0.1, 0.15) is 47.7 Å². The fraction of sp³-hybridized carbons (Fsp3) is 0.417. The van der Waals surface area contributed by atoms with Crippen LogP contribution in [0.15, 0.2) is 47.6 Å². The second-order valence-corrected chi connectivity index (χ2v) is 8.50. The zero-order valence-electron chi connectivity index (χ0n) is 18.7. The van der Waals surface area contributed by atoms with Gasteiger partial charge in [0.05, 0.1) is 36.4 Å². The van der Waals surface area contributed by atoms with Gasteiger partial charge in [0.2, 0.25) is 5.91 Å². The first-order valence-corrected chi connectivity index (χ1v) is 10.9. The van der Waals surface area contributed by atoms with Gasteiger partial charge < -0.3 is 9.47 Å². The third-order valence-corrected chi connectivity index (χ3v) is 5.85. The summed E-state index contributed by atoms with van der Waals surface area (Å²) in [5.41, 5.74) is 3.90. The summed E-state index contributed by atoms with van der Waals surface area (Å²) in [7, 11) is 0. The van der Waals surface area contributed by atoms with E-state index < -0.39 is 36.0 Å². The largest absolute Gasteiger partial charge is 0.416 e. The fourth-order valence-corrected chi connectivity index (χ4v) is 4.23. The number of hydrogen-bond donors (Lipinski definition) is 1. The highest BCUT2D eigenvalue weighted by molar-refractivity contribution is 6.05. The van der Waals surface area contributed by atoms with Crippen LogP contribution in [0.2, 0.25) is 0 Å². The first kappa shape index (κ1) is 24.3. The predicted octanol–water partition coefficient (Wildman–Crippen LogP) is 4.51. The SMILES string of the molecule is Cc1cc([C@@H](C)O[C@H]2OCCN(CC3=NNC(=O)C3)[C@H]2c2ccc(F)cc2)cc(C(F)(F)F)c1. The van der Waals surface area contributed by atoms with E-state index in [4.69, 9.17) is 9.47 Å². The molecule has 2 aliphatic rings. The number of benzene rings is 2. The maximum atomic E-state index is 13.6. The van der Waals surface area contributed by atoms with Gasteiger partial charge in [-0.3, -0.25) is 9.69 Å². The Morgan fingerprint density at radius 1 is 1.24 bits per heavy atom. The number of hydrogen-bond acceptors (Lipinski definition) is 5. The predicted molar refractivity (Wildman–Crippen MR) is 116 cm³/mol. The molecule has 1 fully saturated rings. The molecule has 0 spiro atoms. The molecule has 0 radical (unpaired) electrons. The van der Waals surface area contributed by atoms with Crippen LogP contribution in [0.25, 0.3) is 0 Å². The van der Waals surface area contributed by atoms with Crippen LogP contribution in [0.5, 0.6) is 0 Å². The Kier molecular flexibility index (Phi) is 7.01. The molecule has 0 aromatic heterocycles. The Balaban J connectivity index is 1.60. The van der Waals surface area contributed by atoms with Crippen molar-refractivity contribution in [1.82, 2.24) is 10.3 Å². The van der Waals surface area contributed by atoms with Gasteiger partial charge in [-0.25, -0.2) is 9.82 Å². The quantitative estimate of drug-likeness (QED) is 0.620. The van der Waals surface area contributed by atoms with Crippen LogP contribution in [-0.4, -0.2) is 42.5 Å². The normalized spacial score (nSPS) is 22.4. The van der Waals surface area contributed by atoms with E-state index in [1.54, 1.807) is 32.0 Å². The first-order valence-electron chi connectivity index (χ1n) is 10.9. The number of rotatable bonds is 6. The molecule has 2 heterocycles. The molecule has 2 aliphatic heterocycles. The van der Waals surface area contributed by atoms with Gasteiger partial charge in [0.15, 0.2) is 6.29 Å². The van der Waals surface area contributed by atoms with Gasteiger partial charge in [0, 0.05) is 13.1 Å². The number of carbonyl (C=O) groups is 1. The van der Waals surface area contributed by atoms with E-state index in [1.807, 2.05) is 4.90 Å². The van der Waals surface area contributed by atoms with Crippen LogP contribution in [0.3, 0.4) is 0 Å². The van der Waals surface area contributed by atoms with Gasteiger partial charge in [-0.05, 0) is 49.2 Å². The van der Waals surface area contributed by atoms with E-state index in [0.29, 0.717) is 36.5 Å². The lowest BCUT2D eigenvalue weighted by Gasteiger charge is -2.42. The average molecular weight is 479 g/mol. The number of hydrazone groups is 1. The first-order chi connectivity index (χ1) is 16.1.